The van der Waals surface area contributed by atoms with Gasteiger partial charge in [-0.25, -0.2) is 0 Å². The number of rotatable bonds is 7. The predicted molar refractivity (Wildman–Crippen MR) is 99.3 cm³/mol. The van der Waals surface area contributed by atoms with Gasteiger partial charge in [-0.05, 0) is 47.9 Å². The molecule has 1 fully saturated rings. The van der Waals surface area contributed by atoms with E-state index in [0.717, 1.165) is 32.5 Å². The topological polar surface area (TPSA) is 40.5 Å². The van der Waals surface area contributed by atoms with Gasteiger partial charge in [0.1, 0.15) is 0 Å². The SMILES string of the molecule is O=C(O)CC1CCN(CCC=C(c2ccccc2)c2cccs2)C1. The molecule has 0 bridgehead atoms. The largest absolute Gasteiger partial charge is 0.481 e. The van der Waals surface area contributed by atoms with E-state index in [4.69, 9.17) is 5.11 Å². The highest BCUT2D eigenvalue weighted by molar-refractivity contribution is 7.11. The number of nitrogens with zero attached hydrogens (tertiary/aromatic N) is 1. The first kappa shape index (κ1) is 16.9. The number of hydrogen-bond acceptors (Lipinski definition) is 3. The third-order valence-corrected chi connectivity index (χ3v) is 5.40. The van der Waals surface area contributed by atoms with Gasteiger partial charge in [-0.15, -0.1) is 11.3 Å². The maximum Gasteiger partial charge on any atom is 0.303 e. The number of carboxylic acids is 1. The number of carbonyl (C=O) groups is 1. The van der Waals surface area contributed by atoms with Crippen LogP contribution in [0.3, 0.4) is 0 Å². The minimum atomic E-state index is -0.675. The van der Waals surface area contributed by atoms with Crippen LogP contribution in [0, 0.1) is 5.92 Å². The van der Waals surface area contributed by atoms with Gasteiger partial charge in [-0.3, -0.25) is 4.79 Å². The highest BCUT2D eigenvalue weighted by Crippen LogP contribution is 2.28. The molecule has 126 valence electrons. The van der Waals surface area contributed by atoms with Gasteiger partial charge in [0.25, 0.3) is 0 Å². The second kappa shape index (κ2) is 8.27. The fourth-order valence-corrected chi connectivity index (χ4v) is 4.12. The molecule has 2 heterocycles. The molecule has 1 aliphatic heterocycles. The number of thiophene rings is 1. The van der Waals surface area contributed by atoms with E-state index in [-0.39, 0.29) is 0 Å². The molecule has 1 unspecified atom stereocenters. The maximum atomic E-state index is 10.8. The van der Waals surface area contributed by atoms with Crippen LogP contribution in [0.5, 0.6) is 0 Å². The summed E-state index contributed by atoms with van der Waals surface area (Å²) in [5, 5.41) is 11.0. The predicted octanol–water partition coefficient (Wildman–Crippen LogP) is 4.37. The van der Waals surface area contributed by atoms with Crippen LogP contribution in [-0.2, 0) is 4.79 Å². The number of benzene rings is 1. The average Bonchev–Trinajstić information content (AvgIpc) is 3.24. The molecule has 3 nitrogen and oxygen atoms in total. The van der Waals surface area contributed by atoms with Crippen molar-refractivity contribution in [2.24, 2.45) is 5.92 Å². The molecule has 0 radical (unpaired) electrons. The van der Waals surface area contributed by atoms with Crippen LogP contribution in [0.1, 0.15) is 29.7 Å². The zero-order valence-corrected chi connectivity index (χ0v) is 14.5. The Bertz CT molecular complexity index is 679. The Balaban J connectivity index is 1.62. The molecule has 0 spiro atoms. The summed E-state index contributed by atoms with van der Waals surface area (Å²) in [6, 6.07) is 14.8. The monoisotopic (exact) mass is 341 g/mol. The highest BCUT2D eigenvalue weighted by atomic mass is 32.1. The molecule has 1 saturated heterocycles. The highest BCUT2D eigenvalue weighted by Gasteiger charge is 2.23. The zero-order chi connectivity index (χ0) is 16.8. The Morgan fingerprint density at radius 1 is 1.25 bits per heavy atom. The molecular weight excluding hydrogens is 318 g/mol. The van der Waals surface area contributed by atoms with E-state index in [1.807, 2.05) is 6.07 Å². The Hall–Kier alpha value is -1.91. The zero-order valence-electron chi connectivity index (χ0n) is 13.7. The van der Waals surface area contributed by atoms with Crippen LogP contribution in [0.2, 0.25) is 0 Å². The minimum absolute atomic E-state index is 0.302. The number of carboxylic acid groups (broad SMARTS) is 1. The Kier molecular flexibility index (Phi) is 5.83. The van der Waals surface area contributed by atoms with Gasteiger partial charge in [0, 0.05) is 24.4 Å². The first-order chi connectivity index (χ1) is 11.7. The van der Waals surface area contributed by atoms with Crippen LogP contribution in [0.4, 0.5) is 0 Å². The van der Waals surface area contributed by atoms with Gasteiger partial charge in [0.2, 0.25) is 0 Å². The molecule has 1 aromatic carbocycles. The van der Waals surface area contributed by atoms with Gasteiger partial charge in [-0.2, -0.15) is 0 Å². The van der Waals surface area contributed by atoms with Crippen molar-refractivity contribution in [3.8, 4) is 0 Å². The number of aliphatic carboxylic acids is 1. The third-order valence-electron chi connectivity index (χ3n) is 4.50. The lowest BCUT2D eigenvalue weighted by Crippen LogP contribution is -2.22. The Morgan fingerprint density at radius 3 is 2.79 bits per heavy atom. The van der Waals surface area contributed by atoms with E-state index < -0.39 is 5.97 Å². The number of hydrogen-bond donors (Lipinski definition) is 1. The summed E-state index contributed by atoms with van der Waals surface area (Å²) in [7, 11) is 0. The van der Waals surface area contributed by atoms with E-state index in [0.29, 0.717) is 12.3 Å². The first-order valence-electron chi connectivity index (χ1n) is 8.46. The van der Waals surface area contributed by atoms with Crippen molar-refractivity contribution in [1.82, 2.24) is 4.90 Å². The summed E-state index contributed by atoms with van der Waals surface area (Å²) in [4.78, 5) is 14.5. The van der Waals surface area contributed by atoms with Gasteiger partial charge in [0.15, 0.2) is 0 Å². The molecule has 1 aromatic heterocycles. The molecule has 2 aromatic rings. The Labute approximate surface area is 147 Å². The molecule has 0 aliphatic carbocycles. The average molecular weight is 341 g/mol. The number of likely N-dealkylation sites (tertiary alicyclic amines) is 1. The molecule has 4 heteroatoms. The van der Waals surface area contributed by atoms with Crippen molar-refractivity contribution < 1.29 is 9.90 Å². The lowest BCUT2D eigenvalue weighted by Gasteiger charge is -2.15. The van der Waals surface area contributed by atoms with Crippen LogP contribution in [0.15, 0.2) is 53.9 Å². The standard InChI is InChI=1S/C20H23NO2S/c22-20(23)14-16-10-12-21(15-16)11-4-8-18(19-9-5-13-24-19)17-6-2-1-3-7-17/h1-3,5-9,13,16H,4,10-12,14-15H2,(H,22,23). The van der Waals surface area contributed by atoms with Crippen molar-refractivity contribution >= 4 is 22.9 Å². The molecule has 24 heavy (non-hydrogen) atoms. The first-order valence-corrected chi connectivity index (χ1v) is 9.34. The molecule has 0 amide bonds. The lowest BCUT2D eigenvalue weighted by atomic mass is 10.0. The smallest absolute Gasteiger partial charge is 0.303 e. The van der Waals surface area contributed by atoms with E-state index >= 15 is 0 Å². The molecule has 3 rings (SSSR count). The van der Waals surface area contributed by atoms with E-state index in [1.165, 1.54) is 16.0 Å². The van der Waals surface area contributed by atoms with Gasteiger partial charge in [-0.1, -0.05) is 42.5 Å². The normalized spacial score (nSPS) is 18.8. The summed E-state index contributed by atoms with van der Waals surface area (Å²) in [5.74, 6) is -0.358. The molecule has 1 aliphatic rings. The van der Waals surface area contributed by atoms with E-state index in [9.17, 15) is 4.79 Å². The summed E-state index contributed by atoms with van der Waals surface area (Å²) < 4.78 is 0. The molecule has 1 atom stereocenters. The summed E-state index contributed by atoms with van der Waals surface area (Å²) >= 11 is 1.77. The quantitative estimate of drug-likeness (QED) is 0.813. The van der Waals surface area contributed by atoms with E-state index in [1.54, 1.807) is 11.3 Å². The third kappa shape index (κ3) is 4.56. The van der Waals surface area contributed by atoms with Crippen molar-refractivity contribution in [3.05, 3.63) is 64.4 Å². The van der Waals surface area contributed by atoms with Crippen LogP contribution < -0.4 is 0 Å². The van der Waals surface area contributed by atoms with Crippen LogP contribution in [0.25, 0.3) is 5.57 Å². The fourth-order valence-electron chi connectivity index (χ4n) is 3.33. The van der Waals surface area contributed by atoms with Gasteiger partial charge < -0.3 is 10.0 Å². The van der Waals surface area contributed by atoms with Crippen molar-refractivity contribution in [2.75, 3.05) is 19.6 Å². The van der Waals surface area contributed by atoms with Crippen molar-refractivity contribution in [3.63, 3.8) is 0 Å². The van der Waals surface area contributed by atoms with Gasteiger partial charge in [0.05, 0.1) is 0 Å². The summed E-state index contributed by atoms with van der Waals surface area (Å²) in [6.07, 6.45) is 4.62. The van der Waals surface area contributed by atoms with Crippen LogP contribution in [-0.4, -0.2) is 35.6 Å². The maximum absolute atomic E-state index is 10.8. The van der Waals surface area contributed by atoms with Gasteiger partial charge >= 0.3 is 5.97 Å². The second-order valence-electron chi connectivity index (χ2n) is 6.30. The Morgan fingerprint density at radius 2 is 2.08 bits per heavy atom. The van der Waals surface area contributed by atoms with Crippen LogP contribution >= 0.6 is 11.3 Å². The van der Waals surface area contributed by atoms with Crippen molar-refractivity contribution in [1.29, 1.82) is 0 Å². The molecular formula is C20H23NO2S. The van der Waals surface area contributed by atoms with E-state index in [2.05, 4.69) is 52.8 Å². The second-order valence-corrected chi connectivity index (χ2v) is 7.25. The molecule has 0 saturated carbocycles. The summed E-state index contributed by atoms with van der Waals surface area (Å²) in [5.41, 5.74) is 2.55. The van der Waals surface area contributed by atoms with Crippen molar-refractivity contribution in [2.45, 2.75) is 19.3 Å². The fraction of sp³-hybridized carbons (Fsp3) is 0.350. The minimum Gasteiger partial charge on any atom is -0.481 e. The summed E-state index contributed by atoms with van der Waals surface area (Å²) in [6.45, 7) is 2.93. The molecule has 1 N–H and O–H groups in total. The lowest BCUT2D eigenvalue weighted by molar-refractivity contribution is -0.138.